The average Bonchev–Trinajstić information content (AvgIpc) is 2.54. The molecule has 1 aromatic heterocycles. The van der Waals surface area contributed by atoms with Crippen LogP contribution < -0.4 is 5.73 Å². The van der Waals surface area contributed by atoms with E-state index in [9.17, 15) is 0 Å². The van der Waals surface area contributed by atoms with Crippen molar-refractivity contribution in [3.8, 4) is 0 Å². The van der Waals surface area contributed by atoms with Crippen molar-refractivity contribution < 1.29 is 0 Å². The van der Waals surface area contributed by atoms with Crippen LogP contribution in [0.25, 0.3) is 0 Å². The molecule has 1 fully saturated rings. The van der Waals surface area contributed by atoms with Gasteiger partial charge >= 0.3 is 0 Å². The van der Waals surface area contributed by atoms with Crippen molar-refractivity contribution in [1.82, 2.24) is 4.98 Å². The highest BCUT2D eigenvalue weighted by molar-refractivity contribution is 5.26. The van der Waals surface area contributed by atoms with Gasteiger partial charge in [-0.05, 0) is 31.4 Å². The van der Waals surface area contributed by atoms with Crippen LogP contribution in [0.15, 0.2) is 18.3 Å². The fourth-order valence-corrected chi connectivity index (χ4v) is 2.25. The summed E-state index contributed by atoms with van der Waals surface area (Å²) in [6.45, 7) is 2.09. The van der Waals surface area contributed by atoms with E-state index in [1.165, 1.54) is 18.4 Å². The molecule has 2 rings (SSSR count). The number of pyridine rings is 1. The van der Waals surface area contributed by atoms with E-state index < -0.39 is 0 Å². The van der Waals surface area contributed by atoms with E-state index in [2.05, 4.69) is 18.0 Å². The summed E-state index contributed by atoms with van der Waals surface area (Å²) >= 11 is 0. The van der Waals surface area contributed by atoms with Crippen LogP contribution in [-0.2, 0) is 5.54 Å². The third kappa shape index (κ3) is 1.46. The minimum atomic E-state index is -0.134. The molecular weight excluding hydrogens is 160 g/mol. The second kappa shape index (κ2) is 3.11. The Morgan fingerprint density at radius 3 is 2.69 bits per heavy atom. The molecule has 70 valence electrons. The number of nitrogens with two attached hydrogens (primary N) is 1. The van der Waals surface area contributed by atoms with Crippen LogP contribution in [0, 0.1) is 6.92 Å². The second-order valence-electron chi connectivity index (χ2n) is 4.03. The molecule has 13 heavy (non-hydrogen) atoms. The SMILES string of the molecule is Cc1cccnc1C1(N)CCCC1. The number of nitrogens with zero attached hydrogens (tertiary/aromatic N) is 1. The summed E-state index contributed by atoms with van der Waals surface area (Å²) in [6, 6.07) is 4.06. The number of aryl methyl sites for hydroxylation is 1. The summed E-state index contributed by atoms with van der Waals surface area (Å²) in [7, 11) is 0. The van der Waals surface area contributed by atoms with Gasteiger partial charge in [0.1, 0.15) is 0 Å². The molecule has 0 atom stereocenters. The van der Waals surface area contributed by atoms with Gasteiger partial charge in [0.15, 0.2) is 0 Å². The fraction of sp³-hybridized carbons (Fsp3) is 0.545. The van der Waals surface area contributed by atoms with Crippen molar-refractivity contribution in [2.24, 2.45) is 5.73 Å². The van der Waals surface area contributed by atoms with Crippen LogP contribution in [0.3, 0.4) is 0 Å². The molecule has 2 nitrogen and oxygen atoms in total. The molecule has 0 unspecified atom stereocenters. The number of hydrogen-bond donors (Lipinski definition) is 1. The van der Waals surface area contributed by atoms with Crippen LogP contribution in [-0.4, -0.2) is 4.98 Å². The molecule has 1 saturated carbocycles. The monoisotopic (exact) mass is 176 g/mol. The first-order chi connectivity index (χ1) is 6.22. The van der Waals surface area contributed by atoms with Crippen LogP contribution in [0.5, 0.6) is 0 Å². The largest absolute Gasteiger partial charge is 0.320 e. The van der Waals surface area contributed by atoms with E-state index in [-0.39, 0.29) is 5.54 Å². The van der Waals surface area contributed by atoms with Gasteiger partial charge < -0.3 is 5.73 Å². The average molecular weight is 176 g/mol. The zero-order chi connectivity index (χ0) is 9.31. The predicted molar refractivity (Wildman–Crippen MR) is 53.3 cm³/mol. The predicted octanol–water partition coefficient (Wildman–Crippen LogP) is 2.12. The third-order valence-electron chi connectivity index (χ3n) is 2.98. The highest BCUT2D eigenvalue weighted by Crippen LogP contribution is 2.36. The highest BCUT2D eigenvalue weighted by Gasteiger charge is 2.33. The minimum absolute atomic E-state index is 0.134. The lowest BCUT2D eigenvalue weighted by Gasteiger charge is -2.24. The molecule has 1 heterocycles. The van der Waals surface area contributed by atoms with E-state index in [1.54, 1.807) is 0 Å². The molecule has 1 aliphatic carbocycles. The lowest BCUT2D eigenvalue weighted by Crippen LogP contribution is -2.34. The Morgan fingerprint density at radius 2 is 2.08 bits per heavy atom. The molecule has 0 aromatic carbocycles. The van der Waals surface area contributed by atoms with Crippen molar-refractivity contribution in [3.63, 3.8) is 0 Å². The Morgan fingerprint density at radius 1 is 1.38 bits per heavy atom. The maximum atomic E-state index is 6.32. The molecule has 0 radical (unpaired) electrons. The lowest BCUT2D eigenvalue weighted by molar-refractivity contribution is 0.444. The summed E-state index contributed by atoms with van der Waals surface area (Å²) in [5.74, 6) is 0. The van der Waals surface area contributed by atoms with E-state index in [0.717, 1.165) is 18.5 Å². The molecule has 0 aliphatic heterocycles. The molecule has 2 N–H and O–H groups in total. The van der Waals surface area contributed by atoms with E-state index in [1.807, 2.05) is 12.3 Å². The lowest BCUT2D eigenvalue weighted by atomic mass is 9.91. The van der Waals surface area contributed by atoms with Gasteiger partial charge in [0.25, 0.3) is 0 Å². The van der Waals surface area contributed by atoms with Gasteiger partial charge in [-0.2, -0.15) is 0 Å². The fourth-order valence-electron chi connectivity index (χ4n) is 2.25. The van der Waals surface area contributed by atoms with Crippen LogP contribution in [0.2, 0.25) is 0 Å². The van der Waals surface area contributed by atoms with E-state index in [0.29, 0.717) is 0 Å². The van der Waals surface area contributed by atoms with Gasteiger partial charge in [-0.3, -0.25) is 4.98 Å². The molecular formula is C11H16N2. The summed E-state index contributed by atoms with van der Waals surface area (Å²) in [6.07, 6.45) is 6.50. The van der Waals surface area contributed by atoms with Crippen molar-refractivity contribution in [3.05, 3.63) is 29.6 Å². The van der Waals surface area contributed by atoms with Crippen LogP contribution in [0.1, 0.15) is 36.9 Å². The molecule has 0 amide bonds. The zero-order valence-corrected chi connectivity index (χ0v) is 8.09. The number of hydrogen-bond acceptors (Lipinski definition) is 2. The zero-order valence-electron chi connectivity index (χ0n) is 8.09. The van der Waals surface area contributed by atoms with Gasteiger partial charge in [-0.1, -0.05) is 18.9 Å². The normalized spacial score (nSPS) is 20.5. The quantitative estimate of drug-likeness (QED) is 0.711. The Hall–Kier alpha value is -0.890. The Bertz CT molecular complexity index is 301. The van der Waals surface area contributed by atoms with Gasteiger partial charge in [-0.25, -0.2) is 0 Å². The minimum Gasteiger partial charge on any atom is -0.320 e. The maximum absolute atomic E-state index is 6.32. The van der Waals surface area contributed by atoms with Crippen molar-refractivity contribution in [2.75, 3.05) is 0 Å². The molecule has 2 heteroatoms. The molecule has 1 aromatic rings. The standard InChI is InChI=1S/C11H16N2/c1-9-5-4-8-13-10(9)11(12)6-2-3-7-11/h4-5,8H,2-3,6-7,12H2,1H3. The molecule has 0 saturated heterocycles. The van der Waals surface area contributed by atoms with E-state index >= 15 is 0 Å². The third-order valence-corrected chi connectivity index (χ3v) is 2.98. The Kier molecular flexibility index (Phi) is 2.08. The maximum Gasteiger partial charge on any atom is 0.0631 e. The first-order valence-electron chi connectivity index (χ1n) is 4.93. The summed E-state index contributed by atoms with van der Waals surface area (Å²) < 4.78 is 0. The first kappa shape index (κ1) is 8.70. The highest BCUT2D eigenvalue weighted by atomic mass is 14.8. The second-order valence-corrected chi connectivity index (χ2v) is 4.03. The number of aromatic nitrogens is 1. The van der Waals surface area contributed by atoms with Gasteiger partial charge in [0.2, 0.25) is 0 Å². The van der Waals surface area contributed by atoms with E-state index in [4.69, 9.17) is 5.73 Å². The molecule has 0 bridgehead atoms. The first-order valence-corrected chi connectivity index (χ1v) is 4.93. The van der Waals surface area contributed by atoms with Gasteiger partial charge in [0.05, 0.1) is 11.2 Å². The number of rotatable bonds is 1. The van der Waals surface area contributed by atoms with Crippen molar-refractivity contribution >= 4 is 0 Å². The topological polar surface area (TPSA) is 38.9 Å². The van der Waals surface area contributed by atoms with Crippen molar-refractivity contribution in [1.29, 1.82) is 0 Å². The van der Waals surface area contributed by atoms with Crippen LogP contribution >= 0.6 is 0 Å². The van der Waals surface area contributed by atoms with Gasteiger partial charge in [0, 0.05) is 6.20 Å². The summed E-state index contributed by atoms with van der Waals surface area (Å²) in [5, 5.41) is 0. The molecule has 1 aliphatic rings. The smallest absolute Gasteiger partial charge is 0.0631 e. The van der Waals surface area contributed by atoms with Gasteiger partial charge in [-0.15, -0.1) is 0 Å². The summed E-state index contributed by atoms with van der Waals surface area (Å²) in [5.41, 5.74) is 8.52. The summed E-state index contributed by atoms with van der Waals surface area (Å²) in [4.78, 5) is 4.41. The Labute approximate surface area is 79.2 Å². The Balaban J connectivity index is 2.39. The van der Waals surface area contributed by atoms with Crippen LogP contribution in [0.4, 0.5) is 0 Å². The molecule has 0 spiro atoms. The van der Waals surface area contributed by atoms with Crippen molar-refractivity contribution in [2.45, 2.75) is 38.1 Å².